The van der Waals surface area contributed by atoms with Gasteiger partial charge in [0.1, 0.15) is 5.60 Å². The number of thioether (sulfide) groups is 1. The van der Waals surface area contributed by atoms with Gasteiger partial charge in [-0.25, -0.2) is 4.79 Å². The Morgan fingerprint density at radius 3 is 2.19 bits per heavy atom. The quantitative estimate of drug-likeness (QED) is 0.692. The molecule has 0 fully saturated rings. The van der Waals surface area contributed by atoms with Crippen LogP contribution in [0.15, 0.2) is 0 Å². The van der Waals surface area contributed by atoms with Gasteiger partial charge in [0.15, 0.2) is 0 Å². The number of unbranched alkanes of at least 4 members (excludes halogenated alkanes) is 1. The van der Waals surface area contributed by atoms with Gasteiger partial charge in [0.05, 0.1) is 0 Å². The topological polar surface area (TPSA) is 41.6 Å². The molecular weight excluding hydrogens is 284 g/mol. The molecule has 0 aromatic carbocycles. The summed E-state index contributed by atoms with van der Waals surface area (Å²) in [7, 11) is 0. The summed E-state index contributed by atoms with van der Waals surface area (Å²) in [5, 5.41) is 3.41. The summed E-state index contributed by atoms with van der Waals surface area (Å²) in [5.74, 6) is 1.22. The largest absolute Gasteiger partial charge is 0.444 e. The third kappa shape index (κ3) is 10.9. The summed E-state index contributed by atoms with van der Waals surface area (Å²) < 4.78 is 5.49. The zero-order chi connectivity index (χ0) is 16.5. The van der Waals surface area contributed by atoms with Crippen LogP contribution in [0.25, 0.3) is 0 Å². The minimum atomic E-state index is -0.453. The predicted octanol–water partition coefficient (Wildman–Crippen LogP) is 3.75. The normalized spacial score (nSPS) is 12.3. The van der Waals surface area contributed by atoms with Crippen LogP contribution >= 0.6 is 11.8 Å². The van der Waals surface area contributed by atoms with Crippen molar-refractivity contribution in [2.45, 2.75) is 65.5 Å². The van der Waals surface area contributed by atoms with Gasteiger partial charge in [0.25, 0.3) is 0 Å². The molecule has 1 N–H and O–H groups in total. The molecule has 126 valence electrons. The third-order valence-corrected chi connectivity index (χ3v) is 3.58. The molecule has 0 heterocycles. The molecular formula is C16H34N2O2S. The number of ether oxygens (including phenoxy) is 1. The standard InChI is InChI=1S/C16H34N2O2S/c1-15(2,3)18(14(19)20-16(4,5)6)12-11-17-10-8-9-13-21-7/h17H,8-13H2,1-7H3. The summed E-state index contributed by atoms with van der Waals surface area (Å²) in [4.78, 5) is 14.1. The van der Waals surface area contributed by atoms with Crippen LogP contribution in [0.5, 0.6) is 0 Å². The van der Waals surface area contributed by atoms with E-state index in [9.17, 15) is 4.79 Å². The summed E-state index contributed by atoms with van der Waals surface area (Å²) in [6.45, 7) is 14.3. The molecule has 0 atom stereocenters. The van der Waals surface area contributed by atoms with Crippen LogP contribution in [0.2, 0.25) is 0 Å². The van der Waals surface area contributed by atoms with Crippen LogP contribution < -0.4 is 5.32 Å². The minimum absolute atomic E-state index is 0.233. The number of carbonyl (C=O) groups is 1. The summed E-state index contributed by atoms with van der Waals surface area (Å²) >= 11 is 1.89. The van der Waals surface area contributed by atoms with E-state index in [4.69, 9.17) is 4.74 Å². The van der Waals surface area contributed by atoms with E-state index < -0.39 is 5.60 Å². The Hall–Kier alpha value is -0.420. The van der Waals surface area contributed by atoms with Gasteiger partial charge >= 0.3 is 6.09 Å². The van der Waals surface area contributed by atoms with Crippen molar-refractivity contribution in [2.24, 2.45) is 0 Å². The first kappa shape index (κ1) is 20.6. The van der Waals surface area contributed by atoms with Crippen molar-refractivity contribution in [2.75, 3.05) is 31.6 Å². The van der Waals surface area contributed by atoms with E-state index in [1.807, 2.05) is 53.3 Å². The highest BCUT2D eigenvalue weighted by Crippen LogP contribution is 2.17. The molecule has 0 aliphatic heterocycles. The maximum atomic E-state index is 12.3. The lowest BCUT2D eigenvalue weighted by molar-refractivity contribution is 0.00666. The van der Waals surface area contributed by atoms with Gasteiger partial charge in [-0.3, -0.25) is 0 Å². The van der Waals surface area contributed by atoms with Gasteiger partial charge in [-0.1, -0.05) is 0 Å². The van der Waals surface area contributed by atoms with E-state index in [1.165, 1.54) is 18.6 Å². The zero-order valence-electron chi connectivity index (χ0n) is 14.9. The van der Waals surface area contributed by atoms with E-state index in [2.05, 4.69) is 11.6 Å². The number of hydrogen-bond donors (Lipinski definition) is 1. The first-order chi connectivity index (χ1) is 9.58. The number of rotatable bonds is 8. The Kier molecular flexibility index (Phi) is 9.38. The minimum Gasteiger partial charge on any atom is -0.444 e. The van der Waals surface area contributed by atoms with Crippen molar-refractivity contribution < 1.29 is 9.53 Å². The second kappa shape index (κ2) is 9.57. The summed E-state index contributed by atoms with van der Waals surface area (Å²) in [6.07, 6.45) is 4.32. The maximum absolute atomic E-state index is 12.3. The molecule has 1 amide bonds. The lowest BCUT2D eigenvalue weighted by Crippen LogP contribution is -2.50. The Labute approximate surface area is 135 Å². The second-order valence-electron chi connectivity index (χ2n) is 7.25. The maximum Gasteiger partial charge on any atom is 0.410 e. The van der Waals surface area contributed by atoms with E-state index in [0.29, 0.717) is 6.54 Å². The smallest absolute Gasteiger partial charge is 0.410 e. The van der Waals surface area contributed by atoms with Gasteiger partial charge in [0, 0.05) is 18.6 Å². The van der Waals surface area contributed by atoms with E-state index >= 15 is 0 Å². The van der Waals surface area contributed by atoms with Crippen molar-refractivity contribution in [1.82, 2.24) is 10.2 Å². The predicted molar refractivity (Wildman–Crippen MR) is 93.2 cm³/mol. The Morgan fingerprint density at radius 1 is 1.10 bits per heavy atom. The average molecular weight is 319 g/mol. The lowest BCUT2D eigenvalue weighted by Gasteiger charge is -2.36. The average Bonchev–Trinajstić information content (AvgIpc) is 2.28. The second-order valence-corrected chi connectivity index (χ2v) is 8.24. The molecule has 0 aromatic heterocycles. The Morgan fingerprint density at radius 2 is 1.71 bits per heavy atom. The summed E-state index contributed by atoms with van der Waals surface area (Å²) in [6, 6.07) is 0. The molecule has 0 rings (SSSR count). The van der Waals surface area contributed by atoms with Crippen molar-refractivity contribution in [3.8, 4) is 0 Å². The van der Waals surface area contributed by atoms with Crippen LogP contribution in [0.3, 0.4) is 0 Å². The van der Waals surface area contributed by atoms with E-state index in [-0.39, 0.29) is 11.6 Å². The highest BCUT2D eigenvalue weighted by molar-refractivity contribution is 7.98. The van der Waals surface area contributed by atoms with Crippen LogP contribution in [0, 0.1) is 0 Å². The van der Waals surface area contributed by atoms with Gasteiger partial charge in [-0.15, -0.1) is 0 Å². The van der Waals surface area contributed by atoms with Gasteiger partial charge < -0.3 is 15.0 Å². The lowest BCUT2D eigenvalue weighted by atomic mass is 10.1. The fourth-order valence-corrected chi connectivity index (χ4v) is 2.32. The molecule has 0 unspecified atom stereocenters. The van der Waals surface area contributed by atoms with Crippen LogP contribution in [0.1, 0.15) is 54.4 Å². The van der Waals surface area contributed by atoms with Crippen LogP contribution in [0.4, 0.5) is 4.79 Å². The Bertz CT molecular complexity index is 296. The monoisotopic (exact) mass is 318 g/mol. The molecule has 4 nitrogen and oxygen atoms in total. The number of hydrogen-bond acceptors (Lipinski definition) is 4. The first-order valence-electron chi connectivity index (χ1n) is 7.78. The van der Waals surface area contributed by atoms with Gasteiger partial charge in [-0.2, -0.15) is 11.8 Å². The van der Waals surface area contributed by atoms with Crippen molar-refractivity contribution >= 4 is 17.9 Å². The highest BCUT2D eigenvalue weighted by Gasteiger charge is 2.30. The Balaban J connectivity index is 4.18. The van der Waals surface area contributed by atoms with Crippen molar-refractivity contribution in [1.29, 1.82) is 0 Å². The number of amides is 1. The molecule has 0 aliphatic rings. The number of nitrogens with one attached hydrogen (secondary N) is 1. The fraction of sp³-hybridized carbons (Fsp3) is 0.938. The number of carbonyl (C=O) groups excluding carboxylic acids is 1. The molecule has 5 heteroatoms. The zero-order valence-corrected chi connectivity index (χ0v) is 15.7. The number of nitrogens with zero attached hydrogens (tertiary/aromatic N) is 1. The highest BCUT2D eigenvalue weighted by atomic mass is 32.2. The molecule has 0 aromatic rings. The van der Waals surface area contributed by atoms with E-state index in [0.717, 1.165) is 13.1 Å². The van der Waals surface area contributed by atoms with Crippen molar-refractivity contribution in [3.63, 3.8) is 0 Å². The molecule has 0 saturated carbocycles. The first-order valence-corrected chi connectivity index (χ1v) is 9.17. The van der Waals surface area contributed by atoms with Crippen LogP contribution in [-0.2, 0) is 4.74 Å². The fourth-order valence-electron chi connectivity index (χ4n) is 1.83. The molecule has 0 bridgehead atoms. The van der Waals surface area contributed by atoms with Gasteiger partial charge in [-0.05, 0) is 72.9 Å². The third-order valence-electron chi connectivity index (χ3n) is 2.89. The SMILES string of the molecule is CSCCCCNCCN(C(=O)OC(C)(C)C)C(C)(C)C. The molecule has 0 saturated heterocycles. The molecule has 0 spiro atoms. The van der Waals surface area contributed by atoms with E-state index in [1.54, 1.807) is 4.90 Å². The molecule has 21 heavy (non-hydrogen) atoms. The van der Waals surface area contributed by atoms with Crippen molar-refractivity contribution in [3.05, 3.63) is 0 Å². The summed E-state index contributed by atoms with van der Waals surface area (Å²) in [5.41, 5.74) is -0.686. The van der Waals surface area contributed by atoms with Gasteiger partial charge in [0.2, 0.25) is 0 Å². The molecule has 0 radical (unpaired) electrons. The van der Waals surface area contributed by atoms with Crippen LogP contribution in [-0.4, -0.2) is 53.8 Å². The molecule has 0 aliphatic carbocycles.